The Morgan fingerprint density at radius 3 is 2.14 bits per heavy atom. The maximum Gasteiger partial charge on any atom is 0.337 e. The Morgan fingerprint density at radius 2 is 1.54 bits per heavy atom. The van der Waals surface area contributed by atoms with Crippen LogP contribution in [0, 0.1) is 0 Å². The molecular formula is C23H19NO4. The molecule has 0 atom stereocenters. The minimum atomic E-state index is -0.567. The van der Waals surface area contributed by atoms with Gasteiger partial charge >= 0.3 is 5.97 Å². The number of benzene rings is 3. The summed E-state index contributed by atoms with van der Waals surface area (Å²) in [5.41, 5.74) is 2.47. The standard InChI is InChI=1S/C23H19NO4/c1-28-23(27)18-12-13-20(21(25)15-18)24-22(26)19(17-10-6-3-7-11-17)14-16-8-4-2-5-9-16/h2-15,25H,1H3,(H,24,26)/b19-14-. The number of carbonyl (C=O) groups is 2. The van der Waals surface area contributed by atoms with E-state index < -0.39 is 5.97 Å². The number of hydrogen-bond acceptors (Lipinski definition) is 4. The van der Waals surface area contributed by atoms with E-state index >= 15 is 0 Å². The van der Waals surface area contributed by atoms with Gasteiger partial charge in [-0.1, -0.05) is 60.7 Å². The number of nitrogens with one attached hydrogen (secondary N) is 1. The lowest BCUT2D eigenvalue weighted by Gasteiger charge is -2.12. The first-order valence-electron chi connectivity index (χ1n) is 8.63. The number of methoxy groups -OCH3 is 1. The molecule has 3 aromatic carbocycles. The zero-order valence-electron chi connectivity index (χ0n) is 15.3. The highest BCUT2D eigenvalue weighted by Crippen LogP contribution is 2.27. The Morgan fingerprint density at radius 1 is 0.893 bits per heavy atom. The molecule has 0 aromatic heterocycles. The van der Waals surface area contributed by atoms with Crippen LogP contribution < -0.4 is 5.32 Å². The summed E-state index contributed by atoms with van der Waals surface area (Å²) in [6, 6.07) is 22.9. The van der Waals surface area contributed by atoms with Crippen molar-refractivity contribution in [2.24, 2.45) is 0 Å². The van der Waals surface area contributed by atoms with Gasteiger partial charge in [0.15, 0.2) is 0 Å². The maximum atomic E-state index is 13.0. The smallest absolute Gasteiger partial charge is 0.337 e. The van der Waals surface area contributed by atoms with E-state index in [1.165, 1.54) is 25.3 Å². The molecule has 0 heterocycles. The van der Waals surface area contributed by atoms with Gasteiger partial charge in [-0.15, -0.1) is 0 Å². The summed E-state index contributed by atoms with van der Waals surface area (Å²) in [6.07, 6.45) is 1.78. The number of carbonyl (C=O) groups excluding carboxylic acids is 2. The van der Waals surface area contributed by atoms with Crippen LogP contribution in [0.5, 0.6) is 5.75 Å². The SMILES string of the molecule is COC(=O)c1ccc(NC(=O)/C(=C\c2ccccc2)c2ccccc2)c(O)c1. The Labute approximate surface area is 162 Å². The quantitative estimate of drug-likeness (QED) is 0.302. The molecule has 3 rings (SSSR count). The van der Waals surface area contributed by atoms with Gasteiger partial charge in [0, 0.05) is 5.57 Å². The molecule has 0 saturated carbocycles. The number of ether oxygens (including phenoxy) is 1. The average molecular weight is 373 g/mol. The van der Waals surface area contributed by atoms with Crippen molar-refractivity contribution >= 4 is 29.2 Å². The van der Waals surface area contributed by atoms with E-state index in [1.54, 1.807) is 6.08 Å². The van der Waals surface area contributed by atoms with Crippen molar-refractivity contribution in [1.82, 2.24) is 0 Å². The van der Waals surface area contributed by atoms with E-state index in [0.29, 0.717) is 5.57 Å². The van der Waals surface area contributed by atoms with Crippen LogP contribution in [-0.2, 0) is 9.53 Å². The maximum absolute atomic E-state index is 13.0. The van der Waals surface area contributed by atoms with Gasteiger partial charge in [-0.3, -0.25) is 4.79 Å². The van der Waals surface area contributed by atoms with Gasteiger partial charge < -0.3 is 15.2 Å². The second kappa shape index (κ2) is 8.68. The van der Waals surface area contributed by atoms with Gasteiger partial charge in [-0.25, -0.2) is 4.79 Å². The number of anilines is 1. The van der Waals surface area contributed by atoms with Crippen LogP contribution in [0.25, 0.3) is 11.6 Å². The number of hydrogen-bond donors (Lipinski definition) is 2. The molecule has 5 nitrogen and oxygen atoms in total. The van der Waals surface area contributed by atoms with Crippen LogP contribution in [0.15, 0.2) is 78.9 Å². The van der Waals surface area contributed by atoms with Crippen molar-refractivity contribution < 1.29 is 19.4 Å². The molecule has 1 amide bonds. The van der Waals surface area contributed by atoms with E-state index in [1.807, 2.05) is 60.7 Å². The fourth-order valence-corrected chi connectivity index (χ4v) is 2.69. The lowest BCUT2D eigenvalue weighted by molar-refractivity contribution is -0.111. The van der Waals surface area contributed by atoms with E-state index in [4.69, 9.17) is 0 Å². The largest absolute Gasteiger partial charge is 0.506 e. The van der Waals surface area contributed by atoms with E-state index in [2.05, 4.69) is 10.1 Å². The molecule has 0 radical (unpaired) electrons. The Balaban J connectivity index is 1.93. The molecule has 0 bridgehead atoms. The number of phenols is 1. The fourth-order valence-electron chi connectivity index (χ4n) is 2.69. The predicted molar refractivity (Wildman–Crippen MR) is 109 cm³/mol. The van der Waals surface area contributed by atoms with E-state index in [9.17, 15) is 14.7 Å². The van der Waals surface area contributed by atoms with Crippen LogP contribution >= 0.6 is 0 Å². The van der Waals surface area contributed by atoms with Gasteiger partial charge in [0.1, 0.15) is 5.75 Å². The summed E-state index contributed by atoms with van der Waals surface area (Å²) in [7, 11) is 1.26. The summed E-state index contributed by atoms with van der Waals surface area (Å²) < 4.78 is 4.63. The molecule has 140 valence electrons. The van der Waals surface area contributed by atoms with Crippen LogP contribution in [0.4, 0.5) is 5.69 Å². The highest BCUT2D eigenvalue weighted by molar-refractivity contribution is 6.29. The highest BCUT2D eigenvalue weighted by atomic mass is 16.5. The first-order valence-corrected chi connectivity index (χ1v) is 8.63. The highest BCUT2D eigenvalue weighted by Gasteiger charge is 2.15. The molecule has 0 unspecified atom stereocenters. The zero-order valence-corrected chi connectivity index (χ0v) is 15.3. The molecule has 3 aromatic rings. The summed E-state index contributed by atoms with van der Waals surface area (Å²) in [6.45, 7) is 0. The molecule has 2 N–H and O–H groups in total. The third-order valence-electron chi connectivity index (χ3n) is 4.11. The van der Waals surface area contributed by atoms with E-state index in [-0.39, 0.29) is 22.9 Å². The van der Waals surface area contributed by atoms with Gasteiger partial charge in [-0.05, 0) is 35.4 Å². The van der Waals surface area contributed by atoms with Crippen molar-refractivity contribution in [2.45, 2.75) is 0 Å². The van der Waals surface area contributed by atoms with Gasteiger partial charge in [0.2, 0.25) is 0 Å². The molecule has 0 aliphatic heterocycles. The van der Waals surface area contributed by atoms with Crippen molar-refractivity contribution in [3.05, 3.63) is 95.6 Å². The Kier molecular flexibility index (Phi) is 5.87. The Hall–Kier alpha value is -3.86. The molecule has 0 saturated heterocycles. The zero-order chi connectivity index (χ0) is 19.9. The predicted octanol–water partition coefficient (Wildman–Crippen LogP) is 4.36. The van der Waals surface area contributed by atoms with E-state index in [0.717, 1.165) is 11.1 Å². The van der Waals surface area contributed by atoms with Gasteiger partial charge in [-0.2, -0.15) is 0 Å². The fraction of sp³-hybridized carbons (Fsp3) is 0.0435. The number of amides is 1. The van der Waals surface area contributed by atoms with Crippen LogP contribution in [0.1, 0.15) is 21.5 Å². The van der Waals surface area contributed by atoms with Crippen molar-refractivity contribution in [2.75, 3.05) is 12.4 Å². The van der Waals surface area contributed by atoms with Crippen LogP contribution in [-0.4, -0.2) is 24.1 Å². The number of esters is 1. The lowest BCUT2D eigenvalue weighted by atomic mass is 10.0. The summed E-state index contributed by atoms with van der Waals surface area (Å²) >= 11 is 0. The Bertz CT molecular complexity index is 1010. The van der Waals surface area contributed by atoms with Crippen molar-refractivity contribution in [1.29, 1.82) is 0 Å². The van der Waals surface area contributed by atoms with Crippen LogP contribution in [0.3, 0.4) is 0 Å². The number of phenolic OH excluding ortho intramolecular Hbond substituents is 1. The van der Waals surface area contributed by atoms with Crippen molar-refractivity contribution in [3.8, 4) is 5.75 Å². The molecule has 28 heavy (non-hydrogen) atoms. The second-order valence-electron chi connectivity index (χ2n) is 6.01. The van der Waals surface area contributed by atoms with Gasteiger partial charge in [0.25, 0.3) is 5.91 Å². The minimum absolute atomic E-state index is 0.195. The first-order chi connectivity index (χ1) is 13.6. The average Bonchev–Trinajstić information content (AvgIpc) is 2.74. The normalized spacial score (nSPS) is 11.0. The second-order valence-corrected chi connectivity index (χ2v) is 6.01. The minimum Gasteiger partial charge on any atom is -0.506 e. The third-order valence-corrected chi connectivity index (χ3v) is 4.11. The summed E-state index contributed by atoms with van der Waals surface area (Å²) in [5.74, 6) is -1.17. The first kappa shape index (κ1) is 18.9. The summed E-state index contributed by atoms with van der Waals surface area (Å²) in [4.78, 5) is 24.5. The van der Waals surface area contributed by atoms with Crippen LogP contribution in [0.2, 0.25) is 0 Å². The topological polar surface area (TPSA) is 75.6 Å². The van der Waals surface area contributed by atoms with Crippen molar-refractivity contribution in [3.63, 3.8) is 0 Å². The van der Waals surface area contributed by atoms with Gasteiger partial charge in [0.05, 0.1) is 18.4 Å². The monoisotopic (exact) mass is 373 g/mol. The lowest BCUT2D eigenvalue weighted by Crippen LogP contribution is -2.14. The number of rotatable bonds is 5. The molecular weight excluding hydrogens is 354 g/mol. The molecule has 5 heteroatoms. The molecule has 0 spiro atoms. The molecule has 0 aliphatic carbocycles. The third kappa shape index (κ3) is 4.45. The molecule has 0 fully saturated rings. The molecule has 0 aliphatic rings. The summed E-state index contributed by atoms with van der Waals surface area (Å²) in [5, 5.41) is 12.9. The number of aromatic hydroxyl groups is 1.